The minimum atomic E-state index is -1.82. The molecule has 1 aliphatic heterocycles. The van der Waals surface area contributed by atoms with Crippen LogP contribution < -0.4 is 10.6 Å². The summed E-state index contributed by atoms with van der Waals surface area (Å²) in [4.78, 5) is 28.4. The Balaban J connectivity index is 0.000000315. The van der Waals surface area contributed by atoms with Gasteiger partial charge in [0.15, 0.2) is 0 Å². The van der Waals surface area contributed by atoms with Crippen LogP contribution in [0.5, 0.6) is 0 Å². The highest BCUT2D eigenvalue weighted by molar-refractivity contribution is 6.27. The first-order valence-corrected chi connectivity index (χ1v) is 6.06. The van der Waals surface area contributed by atoms with E-state index in [1.165, 1.54) is 6.07 Å². The molecule has 1 saturated heterocycles. The van der Waals surface area contributed by atoms with Gasteiger partial charge in [0.2, 0.25) is 0 Å². The standard InChI is InChI=1S/C10H13N3O2.C2H2O4/c14-13(15)9-3-1-2-8(6-9)10-7-11-4-5-12-10;3-1(4)2(5)6/h1-3,6,10-12H,4-5,7H2;(H,3,4)(H,5,6). The number of hydrogen-bond donors (Lipinski definition) is 4. The lowest BCUT2D eigenvalue weighted by Crippen LogP contribution is -2.42. The van der Waals surface area contributed by atoms with Gasteiger partial charge < -0.3 is 20.8 Å². The number of nitro groups is 1. The number of benzene rings is 1. The molecule has 1 heterocycles. The molecule has 9 nitrogen and oxygen atoms in total. The molecule has 0 radical (unpaired) electrons. The van der Waals surface area contributed by atoms with E-state index in [4.69, 9.17) is 19.8 Å². The molecule has 0 spiro atoms. The quantitative estimate of drug-likeness (QED) is 0.339. The summed E-state index contributed by atoms with van der Waals surface area (Å²) in [5, 5.41) is 32.0. The third kappa shape index (κ3) is 5.55. The molecular formula is C12H15N3O6. The maximum absolute atomic E-state index is 10.6. The second-order valence-electron chi connectivity index (χ2n) is 4.17. The average molecular weight is 297 g/mol. The maximum Gasteiger partial charge on any atom is 0.414 e. The van der Waals surface area contributed by atoms with Crippen molar-refractivity contribution < 1.29 is 24.7 Å². The Hall–Kier alpha value is -2.52. The number of piperazine rings is 1. The number of carboxylic acids is 2. The Morgan fingerprint density at radius 3 is 2.38 bits per heavy atom. The van der Waals surface area contributed by atoms with E-state index in [1.807, 2.05) is 6.07 Å². The van der Waals surface area contributed by atoms with Gasteiger partial charge in [-0.2, -0.15) is 0 Å². The molecule has 0 bridgehead atoms. The number of carbonyl (C=O) groups is 2. The number of rotatable bonds is 2. The van der Waals surface area contributed by atoms with Crippen LogP contribution in [0.2, 0.25) is 0 Å². The number of aliphatic carboxylic acids is 2. The lowest BCUT2D eigenvalue weighted by Gasteiger charge is -2.24. The van der Waals surface area contributed by atoms with E-state index in [0.29, 0.717) is 0 Å². The van der Waals surface area contributed by atoms with Crippen LogP contribution in [0, 0.1) is 10.1 Å². The lowest BCUT2D eigenvalue weighted by atomic mass is 10.0. The Bertz CT molecular complexity index is 515. The zero-order valence-corrected chi connectivity index (χ0v) is 11.0. The molecule has 1 aliphatic rings. The summed E-state index contributed by atoms with van der Waals surface area (Å²) in [6.07, 6.45) is 0. The molecule has 1 fully saturated rings. The van der Waals surface area contributed by atoms with E-state index in [9.17, 15) is 10.1 Å². The highest BCUT2D eigenvalue weighted by Crippen LogP contribution is 2.19. The van der Waals surface area contributed by atoms with Crippen LogP contribution in [0.3, 0.4) is 0 Å². The van der Waals surface area contributed by atoms with E-state index < -0.39 is 11.9 Å². The predicted molar refractivity (Wildman–Crippen MR) is 72.0 cm³/mol. The van der Waals surface area contributed by atoms with Crippen LogP contribution >= 0.6 is 0 Å². The normalized spacial score (nSPS) is 17.2. The fourth-order valence-corrected chi connectivity index (χ4v) is 1.74. The van der Waals surface area contributed by atoms with Crippen molar-refractivity contribution in [3.63, 3.8) is 0 Å². The van der Waals surface area contributed by atoms with Gasteiger partial charge >= 0.3 is 11.9 Å². The Kier molecular flexibility index (Phi) is 6.24. The maximum atomic E-state index is 10.6. The number of nitrogens with one attached hydrogen (secondary N) is 2. The predicted octanol–water partition coefficient (Wildman–Crippen LogP) is -0.0157. The van der Waals surface area contributed by atoms with Gasteiger partial charge in [0.25, 0.3) is 5.69 Å². The summed E-state index contributed by atoms with van der Waals surface area (Å²) in [6.45, 7) is 2.67. The van der Waals surface area contributed by atoms with Crippen molar-refractivity contribution in [3.05, 3.63) is 39.9 Å². The lowest BCUT2D eigenvalue weighted by molar-refractivity contribution is -0.384. The van der Waals surface area contributed by atoms with Crippen LogP contribution in [0.15, 0.2) is 24.3 Å². The highest BCUT2D eigenvalue weighted by Gasteiger charge is 2.16. The molecule has 0 saturated carbocycles. The SMILES string of the molecule is O=C(O)C(=O)O.O=[N+]([O-])c1cccc(C2CNCCN2)c1. The fraction of sp³-hybridized carbons (Fsp3) is 0.333. The zero-order chi connectivity index (χ0) is 15.8. The minimum absolute atomic E-state index is 0.153. The molecular weight excluding hydrogens is 282 g/mol. The Morgan fingerprint density at radius 2 is 1.90 bits per heavy atom. The Morgan fingerprint density at radius 1 is 1.24 bits per heavy atom. The molecule has 21 heavy (non-hydrogen) atoms. The summed E-state index contributed by atoms with van der Waals surface area (Å²) in [5.41, 5.74) is 1.12. The van der Waals surface area contributed by atoms with Gasteiger partial charge in [-0.05, 0) is 5.56 Å². The molecule has 2 rings (SSSR count). The third-order valence-electron chi connectivity index (χ3n) is 2.71. The minimum Gasteiger partial charge on any atom is -0.473 e. The Labute approximate surface area is 119 Å². The molecule has 0 amide bonds. The number of nitro benzene ring substituents is 1. The van der Waals surface area contributed by atoms with Crippen molar-refractivity contribution in [1.82, 2.24) is 10.6 Å². The monoisotopic (exact) mass is 297 g/mol. The number of non-ortho nitro benzene ring substituents is 1. The van der Waals surface area contributed by atoms with E-state index in [-0.39, 0.29) is 16.7 Å². The average Bonchev–Trinajstić information content (AvgIpc) is 2.49. The van der Waals surface area contributed by atoms with Crippen molar-refractivity contribution >= 4 is 17.6 Å². The molecule has 0 aliphatic carbocycles. The number of hydrogen-bond acceptors (Lipinski definition) is 6. The fourth-order valence-electron chi connectivity index (χ4n) is 1.74. The highest BCUT2D eigenvalue weighted by atomic mass is 16.6. The largest absolute Gasteiger partial charge is 0.473 e. The molecule has 1 atom stereocenters. The van der Waals surface area contributed by atoms with Gasteiger partial charge in [0, 0.05) is 37.8 Å². The van der Waals surface area contributed by atoms with Crippen LogP contribution in [0.1, 0.15) is 11.6 Å². The van der Waals surface area contributed by atoms with Gasteiger partial charge in [-0.25, -0.2) is 9.59 Å². The molecule has 0 aromatic heterocycles. The van der Waals surface area contributed by atoms with Crippen molar-refractivity contribution in [3.8, 4) is 0 Å². The molecule has 1 aromatic carbocycles. The third-order valence-corrected chi connectivity index (χ3v) is 2.71. The van der Waals surface area contributed by atoms with Gasteiger partial charge in [-0.3, -0.25) is 10.1 Å². The van der Waals surface area contributed by atoms with Crippen molar-refractivity contribution in [2.75, 3.05) is 19.6 Å². The van der Waals surface area contributed by atoms with E-state index in [1.54, 1.807) is 12.1 Å². The summed E-state index contributed by atoms with van der Waals surface area (Å²) in [5.74, 6) is -3.65. The van der Waals surface area contributed by atoms with Crippen LogP contribution in [-0.4, -0.2) is 46.7 Å². The molecule has 9 heteroatoms. The first kappa shape index (κ1) is 16.5. The zero-order valence-electron chi connectivity index (χ0n) is 11.0. The van der Waals surface area contributed by atoms with Crippen molar-refractivity contribution in [2.24, 2.45) is 0 Å². The second kappa shape index (κ2) is 7.92. The van der Waals surface area contributed by atoms with E-state index in [2.05, 4.69) is 10.6 Å². The topological polar surface area (TPSA) is 142 Å². The molecule has 114 valence electrons. The molecule has 4 N–H and O–H groups in total. The van der Waals surface area contributed by atoms with Crippen molar-refractivity contribution in [2.45, 2.75) is 6.04 Å². The first-order chi connectivity index (χ1) is 9.91. The van der Waals surface area contributed by atoms with E-state index in [0.717, 1.165) is 25.2 Å². The summed E-state index contributed by atoms with van der Waals surface area (Å²) < 4.78 is 0. The first-order valence-electron chi connectivity index (χ1n) is 6.06. The smallest absolute Gasteiger partial charge is 0.414 e. The van der Waals surface area contributed by atoms with Crippen LogP contribution in [-0.2, 0) is 9.59 Å². The number of nitrogens with zero attached hydrogens (tertiary/aromatic N) is 1. The van der Waals surface area contributed by atoms with Gasteiger partial charge in [-0.15, -0.1) is 0 Å². The summed E-state index contributed by atoms with van der Waals surface area (Å²) in [6, 6.07) is 6.96. The van der Waals surface area contributed by atoms with Gasteiger partial charge in [0.1, 0.15) is 0 Å². The van der Waals surface area contributed by atoms with E-state index >= 15 is 0 Å². The molecule has 1 aromatic rings. The van der Waals surface area contributed by atoms with Crippen LogP contribution in [0.4, 0.5) is 5.69 Å². The second-order valence-corrected chi connectivity index (χ2v) is 4.17. The van der Waals surface area contributed by atoms with Gasteiger partial charge in [0.05, 0.1) is 4.92 Å². The van der Waals surface area contributed by atoms with Gasteiger partial charge in [-0.1, -0.05) is 12.1 Å². The summed E-state index contributed by atoms with van der Waals surface area (Å²) in [7, 11) is 0. The summed E-state index contributed by atoms with van der Waals surface area (Å²) >= 11 is 0. The van der Waals surface area contributed by atoms with Crippen LogP contribution in [0.25, 0.3) is 0 Å². The molecule has 1 unspecified atom stereocenters. The number of carboxylic acid groups (broad SMARTS) is 2. The van der Waals surface area contributed by atoms with Crippen molar-refractivity contribution in [1.29, 1.82) is 0 Å².